The van der Waals surface area contributed by atoms with Gasteiger partial charge < -0.3 is 15.4 Å². The first kappa shape index (κ1) is 23.7. The third kappa shape index (κ3) is 7.31. The Labute approximate surface area is 184 Å². The molecule has 27 heavy (non-hydrogen) atoms. The molecule has 0 saturated carbocycles. The van der Waals surface area contributed by atoms with Gasteiger partial charge in [-0.2, -0.15) is 11.3 Å². The van der Waals surface area contributed by atoms with Gasteiger partial charge >= 0.3 is 0 Å². The summed E-state index contributed by atoms with van der Waals surface area (Å²) >= 11 is 1.71. The molecule has 0 spiro atoms. The van der Waals surface area contributed by atoms with E-state index in [1.165, 1.54) is 11.1 Å². The molecule has 2 rings (SSSR count). The van der Waals surface area contributed by atoms with Crippen molar-refractivity contribution < 1.29 is 4.74 Å². The number of ether oxygens (including phenoxy) is 1. The second-order valence-corrected chi connectivity index (χ2v) is 6.73. The van der Waals surface area contributed by atoms with Crippen molar-refractivity contribution >= 4 is 41.3 Å². The lowest BCUT2D eigenvalue weighted by Gasteiger charge is -2.31. The molecule has 1 heterocycles. The monoisotopic (exact) mass is 502 g/mol. The van der Waals surface area contributed by atoms with Gasteiger partial charge in [-0.3, -0.25) is 9.89 Å². The van der Waals surface area contributed by atoms with Crippen LogP contribution in [0.25, 0.3) is 0 Å². The Balaban J connectivity index is 0.00000364. The molecule has 0 bridgehead atoms. The molecular formula is C20H31IN4OS. The summed E-state index contributed by atoms with van der Waals surface area (Å²) in [5, 5.41) is 11.1. The molecule has 150 valence electrons. The average molecular weight is 502 g/mol. The molecule has 2 N–H and O–H groups in total. The third-order valence-electron chi connectivity index (χ3n) is 4.46. The minimum Gasteiger partial charge on any atom is -0.497 e. The number of thiophene rings is 1. The Kier molecular flexibility index (Phi) is 11.4. The minimum absolute atomic E-state index is 0. The van der Waals surface area contributed by atoms with E-state index in [0.717, 1.165) is 37.9 Å². The van der Waals surface area contributed by atoms with Crippen molar-refractivity contribution in [1.82, 2.24) is 15.5 Å². The summed E-state index contributed by atoms with van der Waals surface area (Å²) in [6, 6.07) is 10.7. The smallest absolute Gasteiger partial charge is 0.191 e. The number of benzene rings is 1. The van der Waals surface area contributed by atoms with Crippen molar-refractivity contribution in [3.05, 3.63) is 52.2 Å². The van der Waals surface area contributed by atoms with E-state index >= 15 is 0 Å². The van der Waals surface area contributed by atoms with Gasteiger partial charge in [0, 0.05) is 20.1 Å². The fourth-order valence-electron chi connectivity index (χ4n) is 2.96. The van der Waals surface area contributed by atoms with Crippen LogP contribution in [-0.2, 0) is 6.54 Å². The fraction of sp³-hybridized carbons (Fsp3) is 0.450. The molecule has 0 aliphatic rings. The van der Waals surface area contributed by atoms with Crippen molar-refractivity contribution in [2.45, 2.75) is 26.4 Å². The third-order valence-corrected chi connectivity index (χ3v) is 5.19. The molecule has 5 nitrogen and oxygen atoms in total. The molecule has 2 aromatic rings. The number of hydrogen-bond acceptors (Lipinski definition) is 4. The summed E-state index contributed by atoms with van der Waals surface area (Å²) < 4.78 is 5.40. The second kappa shape index (κ2) is 13.0. The number of nitrogens with one attached hydrogen (secondary N) is 2. The van der Waals surface area contributed by atoms with Crippen molar-refractivity contribution in [3.8, 4) is 5.75 Å². The van der Waals surface area contributed by atoms with E-state index in [1.54, 1.807) is 25.5 Å². The zero-order valence-corrected chi connectivity index (χ0v) is 19.7. The first-order valence-electron chi connectivity index (χ1n) is 9.05. The Morgan fingerprint density at radius 1 is 1.22 bits per heavy atom. The van der Waals surface area contributed by atoms with E-state index in [2.05, 4.69) is 63.3 Å². The Morgan fingerprint density at radius 2 is 2.00 bits per heavy atom. The van der Waals surface area contributed by atoms with E-state index in [1.807, 2.05) is 12.1 Å². The lowest BCUT2D eigenvalue weighted by Crippen LogP contribution is -2.43. The number of rotatable bonds is 9. The summed E-state index contributed by atoms with van der Waals surface area (Å²) in [5.41, 5.74) is 2.51. The SMILES string of the molecule is CCN(CC)C(CNC(=NC)NCc1ccsc1)c1cccc(OC)c1.I. The second-order valence-electron chi connectivity index (χ2n) is 5.95. The molecule has 1 atom stereocenters. The van der Waals surface area contributed by atoms with Crippen LogP contribution < -0.4 is 15.4 Å². The van der Waals surface area contributed by atoms with E-state index < -0.39 is 0 Å². The van der Waals surface area contributed by atoms with Crippen LogP contribution >= 0.6 is 35.3 Å². The molecule has 1 aromatic carbocycles. The van der Waals surface area contributed by atoms with Crippen molar-refractivity contribution in [2.75, 3.05) is 33.8 Å². The first-order valence-corrected chi connectivity index (χ1v) is 9.99. The van der Waals surface area contributed by atoms with Crippen molar-refractivity contribution in [3.63, 3.8) is 0 Å². The average Bonchev–Trinajstić information content (AvgIpc) is 3.21. The van der Waals surface area contributed by atoms with Gasteiger partial charge in [-0.25, -0.2) is 0 Å². The molecular weight excluding hydrogens is 471 g/mol. The maximum Gasteiger partial charge on any atom is 0.191 e. The van der Waals surface area contributed by atoms with Crippen molar-refractivity contribution in [2.24, 2.45) is 4.99 Å². The number of hydrogen-bond donors (Lipinski definition) is 2. The summed E-state index contributed by atoms with van der Waals surface area (Å²) in [5.74, 6) is 1.70. The highest BCUT2D eigenvalue weighted by atomic mass is 127. The molecule has 0 saturated heterocycles. The largest absolute Gasteiger partial charge is 0.497 e. The van der Waals surface area contributed by atoms with E-state index in [-0.39, 0.29) is 30.0 Å². The molecule has 0 radical (unpaired) electrons. The summed E-state index contributed by atoms with van der Waals surface area (Å²) in [7, 11) is 3.51. The molecule has 7 heteroatoms. The maximum atomic E-state index is 5.40. The molecule has 1 unspecified atom stereocenters. The first-order chi connectivity index (χ1) is 12.7. The van der Waals surface area contributed by atoms with Crippen LogP contribution in [0, 0.1) is 0 Å². The maximum absolute atomic E-state index is 5.40. The van der Waals surface area contributed by atoms with Gasteiger partial charge in [-0.15, -0.1) is 24.0 Å². The number of aliphatic imine (C=N–C) groups is 1. The molecule has 0 aliphatic heterocycles. The molecule has 0 aliphatic carbocycles. The van der Waals surface area contributed by atoms with Crippen LogP contribution in [-0.4, -0.2) is 44.7 Å². The predicted molar refractivity (Wildman–Crippen MR) is 127 cm³/mol. The topological polar surface area (TPSA) is 48.9 Å². The Morgan fingerprint density at radius 3 is 2.59 bits per heavy atom. The van der Waals surface area contributed by atoms with Crippen molar-refractivity contribution in [1.29, 1.82) is 0 Å². The van der Waals surface area contributed by atoms with E-state index in [4.69, 9.17) is 4.74 Å². The van der Waals surface area contributed by atoms with Crippen LogP contribution in [0.5, 0.6) is 5.75 Å². The van der Waals surface area contributed by atoms with Gasteiger partial charge in [-0.05, 0) is 53.2 Å². The van der Waals surface area contributed by atoms with Crippen LogP contribution in [0.2, 0.25) is 0 Å². The fourth-order valence-corrected chi connectivity index (χ4v) is 3.63. The van der Waals surface area contributed by atoms with E-state index in [9.17, 15) is 0 Å². The predicted octanol–water partition coefficient (Wildman–Crippen LogP) is 4.12. The van der Waals surface area contributed by atoms with Crippen LogP contribution in [0.1, 0.15) is 31.0 Å². The van der Waals surface area contributed by atoms with Gasteiger partial charge in [-0.1, -0.05) is 26.0 Å². The van der Waals surface area contributed by atoms with Gasteiger partial charge in [0.2, 0.25) is 0 Å². The number of methoxy groups -OCH3 is 1. The quantitative estimate of drug-likeness (QED) is 0.308. The standard InChI is InChI=1S/C20H30N4OS.HI/c1-5-24(6-2)19(17-8-7-9-18(12-17)25-4)14-23-20(21-3)22-13-16-10-11-26-15-16;/h7-12,15,19H,5-6,13-14H2,1-4H3,(H2,21,22,23);1H. The van der Waals surface area contributed by atoms with Crippen LogP contribution in [0.15, 0.2) is 46.1 Å². The Hall–Kier alpha value is -1.32. The summed E-state index contributed by atoms with van der Waals surface area (Å²) in [6.07, 6.45) is 0. The summed E-state index contributed by atoms with van der Waals surface area (Å²) in [4.78, 5) is 6.79. The van der Waals surface area contributed by atoms with Gasteiger partial charge in [0.15, 0.2) is 5.96 Å². The molecule has 1 aromatic heterocycles. The van der Waals surface area contributed by atoms with Gasteiger partial charge in [0.05, 0.1) is 13.2 Å². The lowest BCUT2D eigenvalue weighted by atomic mass is 10.0. The Bertz CT molecular complexity index is 674. The zero-order valence-electron chi connectivity index (χ0n) is 16.6. The molecule has 0 fully saturated rings. The van der Waals surface area contributed by atoms with Gasteiger partial charge in [0.1, 0.15) is 5.75 Å². The van der Waals surface area contributed by atoms with Crippen LogP contribution in [0.3, 0.4) is 0 Å². The zero-order chi connectivity index (χ0) is 18.8. The van der Waals surface area contributed by atoms with Crippen LogP contribution in [0.4, 0.5) is 0 Å². The number of guanidine groups is 1. The normalized spacial score (nSPS) is 12.4. The minimum atomic E-state index is 0. The summed E-state index contributed by atoms with van der Waals surface area (Å²) in [6.45, 7) is 7.92. The highest BCUT2D eigenvalue weighted by Crippen LogP contribution is 2.23. The number of likely N-dealkylation sites (N-methyl/N-ethyl adjacent to an activating group) is 1. The van der Waals surface area contributed by atoms with Gasteiger partial charge in [0.25, 0.3) is 0 Å². The lowest BCUT2D eigenvalue weighted by molar-refractivity contribution is 0.218. The van der Waals surface area contributed by atoms with E-state index in [0.29, 0.717) is 0 Å². The number of nitrogens with zero attached hydrogens (tertiary/aromatic N) is 2. The highest BCUT2D eigenvalue weighted by molar-refractivity contribution is 14.0. The number of halogens is 1. The molecule has 0 amide bonds. The highest BCUT2D eigenvalue weighted by Gasteiger charge is 2.19.